The molecular formula is C11H12BrFO4. The minimum atomic E-state index is -1.37. The number of carboxylic acids is 1. The lowest BCUT2D eigenvalue weighted by Crippen LogP contribution is -2.20. The molecule has 0 saturated carbocycles. The molecule has 0 bridgehead atoms. The predicted molar refractivity (Wildman–Crippen MR) is 62.7 cm³/mol. The number of aliphatic hydroxyl groups excluding tert-OH is 2. The van der Waals surface area contributed by atoms with Gasteiger partial charge in [-0.25, -0.2) is 9.18 Å². The van der Waals surface area contributed by atoms with Gasteiger partial charge in [-0.1, -0.05) is 22.0 Å². The number of carbonyl (C=O) groups is 1. The van der Waals surface area contributed by atoms with Gasteiger partial charge in [-0.3, -0.25) is 0 Å². The summed E-state index contributed by atoms with van der Waals surface area (Å²) in [6.45, 7) is 0. The van der Waals surface area contributed by atoms with Crippen molar-refractivity contribution in [3.8, 4) is 0 Å². The topological polar surface area (TPSA) is 77.8 Å². The van der Waals surface area contributed by atoms with Crippen molar-refractivity contribution in [2.24, 2.45) is 0 Å². The lowest BCUT2D eigenvalue weighted by atomic mass is 10.0. The van der Waals surface area contributed by atoms with Crippen molar-refractivity contribution >= 4 is 21.9 Å². The molecule has 3 N–H and O–H groups in total. The third-order valence-electron chi connectivity index (χ3n) is 2.34. The van der Waals surface area contributed by atoms with Gasteiger partial charge >= 0.3 is 5.97 Å². The van der Waals surface area contributed by atoms with Gasteiger partial charge in [-0.05, 0) is 18.6 Å². The maximum Gasteiger partial charge on any atom is 0.335 e. The Morgan fingerprint density at radius 2 is 2.06 bits per heavy atom. The second-order valence-corrected chi connectivity index (χ2v) is 4.32. The van der Waals surface area contributed by atoms with Crippen LogP contribution < -0.4 is 0 Å². The van der Waals surface area contributed by atoms with E-state index in [1.807, 2.05) is 0 Å². The van der Waals surface area contributed by atoms with Crippen LogP contribution >= 0.6 is 15.9 Å². The summed E-state index contributed by atoms with van der Waals surface area (Å²) in [4.78, 5) is 10.6. The first-order chi connectivity index (χ1) is 7.97. The second-order valence-electron chi connectivity index (χ2n) is 3.53. The molecule has 0 radical (unpaired) electrons. The minimum absolute atomic E-state index is 0.108. The molecule has 0 aromatic heterocycles. The number of hydrogen-bond acceptors (Lipinski definition) is 3. The maximum absolute atomic E-state index is 13.5. The lowest BCUT2D eigenvalue weighted by molar-refractivity contribution is 0.0152. The van der Waals surface area contributed by atoms with Crippen molar-refractivity contribution in [3.63, 3.8) is 0 Å². The zero-order valence-electron chi connectivity index (χ0n) is 8.81. The molecule has 6 heteroatoms. The van der Waals surface area contributed by atoms with Crippen LogP contribution in [0, 0.1) is 5.82 Å². The lowest BCUT2D eigenvalue weighted by Gasteiger charge is -2.17. The highest BCUT2D eigenvalue weighted by Gasteiger charge is 2.21. The van der Waals surface area contributed by atoms with Crippen LogP contribution in [0.4, 0.5) is 4.39 Å². The van der Waals surface area contributed by atoms with Crippen molar-refractivity contribution in [3.05, 3.63) is 35.1 Å². The van der Waals surface area contributed by atoms with Crippen molar-refractivity contribution in [2.45, 2.75) is 18.6 Å². The monoisotopic (exact) mass is 306 g/mol. The average molecular weight is 307 g/mol. The molecule has 4 nitrogen and oxygen atoms in total. The number of hydrogen-bond donors (Lipinski definition) is 3. The molecular weight excluding hydrogens is 295 g/mol. The molecule has 1 rings (SSSR count). The van der Waals surface area contributed by atoms with Crippen LogP contribution in [0.25, 0.3) is 0 Å². The molecule has 94 valence electrons. The first kappa shape index (κ1) is 14.1. The molecule has 0 aliphatic rings. The molecule has 0 fully saturated rings. The number of aromatic carboxylic acids is 1. The number of carboxylic acid groups (broad SMARTS) is 1. The fourth-order valence-corrected chi connectivity index (χ4v) is 1.85. The van der Waals surface area contributed by atoms with Crippen molar-refractivity contribution in [2.75, 3.05) is 5.33 Å². The molecule has 2 atom stereocenters. The van der Waals surface area contributed by atoms with Gasteiger partial charge in [0.25, 0.3) is 0 Å². The molecule has 2 unspecified atom stereocenters. The molecule has 0 spiro atoms. The summed E-state index contributed by atoms with van der Waals surface area (Å²) in [5.74, 6) is -2.09. The molecule has 0 heterocycles. The Hall–Kier alpha value is -0.980. The van der Waals surface area contributed by atoms with Gasteiger partial charge in [-0.2, -0.15) is 0 Å². The summed E-state index contributed by atoms with van der Waals surface area (Å²) >= 11 is 3.10. The van der Waals surface area contributed by atoms with Crippen molar-refractivity contribution in [1.82, 2.24) is 0 Å². The maximum atomic E-state index is 13.5. The van der Waals surface area contributed by atoms with Crippen LogP contribution in [0.15, 0.2) is 18.2 Å². The highest BCUT2D eigenvalue weighted by molar-refractivity contribution is 9.09. The smallest absolute Gasteiger partial charge is 0.335 e. The Morgan fingerprint density at radius 3 is 2.53 bits per heavy atom. The van der Waals surface area contributed by atoms with Crippen LogP contribution in [0.2, 0.25) is 0 Å². The summed E-state index contributed by atoms with van der Waals surface area (Å²) in [5.41, 5.74) is -0.308. The van der Waals surface area contributed by atoms with E-state index >= 15 is 0 Å². The van der Waals surface area contributed by atoms with E-state index in [9.17, 15) is 19.4 Å². The summed E-state index contributed by atoms with van der Waals surface area (Å²) in [6.07, 6.45) is -2.20. The fourth-order valence-electron chi connectivity index (χ4n) is 1.38. The molecule has 0 amide bonds. The largest absolute Gasteiger partial charge is 0.478 e. The predicted octanol–water partition coefficient (Wildman–Crippen LogP) is 1.70. The summed E-state index contributed by atoms with van der Waals surface area (Å²) in [7, 11) is 0. The molecule has 0 aliphatic carbocycles. The highest BCUT2D eigenvalue weighted by atomic mass is 79.9. The second kappa shape index (κ2) is 6.09. The first-order valence-electron chi connectivity index (χ1n) is 4.92. The van der Waals surface area contributed by atoms with Crippen LogP contribution in [-0.2, 0) is 0 Å². The number of rotatable bonds is 5. The summed E-state index contributed by atoms with van der Waals surface area (Å²) in [5, 5.41) is 28.3. The SMILES string of the molecule is O=C(O)c1ccc(C(O)C(O)CCBr)c(F)c1. The molecule has 1 aromatic carbocycles. The Morgan fingerprint density at radius 1 is 1.41 bits per heavy atom. The van der Waals surface area contributed by atoms with E-state index in [0.29, 0.717) is 5.33 Å². The molecule has 0 aliphatic heterocycles. The molecule has 0 saturated heterocycles. The van der Waals surface area contributed by atoms with Gasteiger partial charge in [0.05, 0.1) is 11.7 Å². The van der Waals surface area contributed by atoms with E-state index in [1.165, 1.54) is 12.1 Å². The van der Waals surface area contributed by atoms with Gasteiger partial charge in [0.1, 0.15) is 11.9 Å². The van der Waals surface area contributed by atoms with Crippen LogP contribution in [0.1, 0.15) is 28.4 Å². The summed E-state index contributed by atoms with van der Waals surface area (Å²) < 4.78 is 13.5. The molecule has 1 aromatic rings. The first-order valence-corrected chi connectivity index (χ1v) is 6.04. The highest BCUT2D eigenvalue weighted by Crippen LogP contribution is 2.23. The molecule has 17 heavy (non-hydrogen) atoms. The van der Waals surface area contributed by atoms with Crippen LogP contribution in [0.3, 0.4) is 0 Å². The standard InChI is InChI=1S/C11H12BrFO4/c12-4-3-9(14)10(15)7-2-1-6(11(16)17)5-8(7)13/h1-2,5,9-10,14-15H,3-4H2,(H,16,17). The Bertz CT molecular complexity index is 410. The third kappa shape index (κ3) is 3.49. The van der Waals surface area contributed by atoms with E-state index < -0.39 is 24.0 Å². The van der Waals surface area contributed by atoms with Crippen molar-refractivity contribution < 1.29 is 24.5 Å². The third-order valence-corrected chi connectivity index (χ3v) is 2.79. The Kier molecular flexibility index (Phi) is 5.04. The number of aliphatic hydroxyl groups is 2. The zero-order chi connectivity index (χ0) is 13.0. The quantitative estimate of drug-likeness (QED) is 0.724. The number of halogens is 2. The fraction of sp³-hybridized carbons (Fsp3) is 0.364. The number of alkyl halides is 1. The van der Waals surface area contributed by atoms with Gasteiger partial charge in [-0.15, -0.1) is 0 Å². The Labute approximate surface area is 106 Å². The zero-order valence-corrected chi connectivity index (χ0v) is 10.4. The summed E-state index contributed by atoms with van der Waals surface area (Å²) in [6, 6.07) is 3.17. The Balaban J connectivity index is 2.95. The van der Waals surface area contributed by atoms with Gasteiger partial charge in [0.15, 0.2) is 0 Å². The minimum Gasteiger partial charge on any atom is -0.478 e. The van der Waals surface area contributed by atoms with E-state index in [0.717, 1.165) is 6.07 Å². The van der Waals surface area contributed by atoms with Gasteiger partial charge < -0.3 is 15.3 Å². The van der Waals surface area contributed by atoms with E-state index in [1.54, 1.807) is 0 Å². The van der Waals surface area contributed by atoms with E-state index in [2.05, 4.69) is 15.9 Å². The van der Waals surface area contributed by atoms with E-state index in [-0.39, 0.29) is 17.5 Å². The van der Waals surface area contributed by atoms with Crippen molar-refractivity contribution in [1.29, 1.82) is 0 Å². The van der Waals surface area contributed by atoms with E-state index in [4.69, 9.17) is 5.11 Å². The van der Waals surface area contributed by atoms with Gasteiger partial charge in [0.2, 0.25) is 0 Å². The number of benzene rings is 1. The van der Waals surface area contributed by atoms with Crippen LogP contribution in [-0.4, -0.2) is 32.7 Å². The average Bonchev–Trinajstić information content (AvgIpc) is 2.28. The van der Waals surface area contributed by atoms with Gasteiger partial charge in [0, 0.05) is 10.9 Å². The van der Waals surface area contributed by atoms with Crippen LogP contribution in [0.5, 0.6) is 0 Å². The normalized spacial score (nSPS) is 14.4.